The topological polar surface area (TPSA) is 73.0 Å². The molecule has 2 aromatic heterocycles. The second-order valence-corrected chi connectivity index (χ2v) is 7.07. The molecule has 0 spiro atoms. The summed E-state index contributed by atoms with van der Waals surface area (Å²) in [6, 6.07) is 0. The Morgan fingerprint density at radius 2 is 2.39 bits per heavy atom. The summed E-state index contributed by atoms with van der Waals surface area (Å²) in [7, 11) is 0. The quantitative estimate of drug-likeness (QED) is 0.809. The van der Waals surface area contributed by atoms with E-state index < -0.39 is 0 Å². The third-order valence-corrected chi connectivity index (χ3v) is 5.02. The fourth-order valence-electron chi connectivity index (χ4n) is 2.89. The van der Waals surface area contributed by atoms with E-state index in [9.17, 15) is 4.79 Å². The minimum Gasteiger partial charge on any atom is -0.360 e. The van der Waals surface area contributed by atoms with E-state index in [1.165, 1.54) is 0 Å². The van der Waals surface area contributed by atoms with Gasteiger partial charge in [-0.2, -0.15) is 5.10 Å². The summed E-state index contributed by atoms with van der Waals surface area (Å²) in [4.78, 5) is 12.3. The largest absolute Gasteiger partial charge is 0.360 e. The number of amides is 1. The summed E-state index contributed by atoms with van der Waals surface area (Å²) in [5.41, 5.74) is 2.43. The summed E-state index contributed by atoms with van der Waals surface area (Å²) in [6.07, 6.45) is 5.62. The number of fused-ring (bicyclic) bond motifs is 1. The fourth-order valence-corrected chi connectivity index (χ4v) is 3.21. The van der Waals surface area contributed by atoms with Gasteiger partial charge in [0.15, 0.2) is 5.69 Å². The van der Waals surface area contributed by atoms with Gasteiger partial charge in [0.2, 0.25) is 0 Å². The van der Waals surface area contributed by atoms with Gasteiger partial charge in [-0.1, -0.05) is 12.1 Å². The van der Waals surface area contributed by atoms with Crippen molar-refractivity contribution >= 4 is 21.8 Å². The van der Waals surface area contributed by atoms with Crippen LogP contribution in [0.1, 0.15) is 47.3 Å². The Hall–Kier alpha value is -1.63. The van der Waals surface area contributed by atoms with Gasteiger partial charge in [-0.3, -0.25) is 9.48 Å². The van der Waals surface area contributed by atoms with Gasteiger partial charge in [-0.25, -0.2) is 0 Å². The van der Waals surface area contributed by atoms with Crippen LogP contribution in [0, 0.1) is 12.8 Å². The Kier molecular flexibility index (Phi) is 4.84. The highest BCUT2D eigenvalue weighted by atomic mass is 79.9. The molecule has 1 aliphatic rings. The Morgan fingerprint density at radius 1 is 1.57 bits per heavy atom. The first-order chi connectivity index (χ1) is 11.0. The molecular weight excluding hydrogens is 360 g/mol. The predicted octanol–water partition coefficient (Wildman–Crippen LogP) is 2.89. The van der Waals surface area contributed by atoms with Crippen molar-refractivity contribution in [2.24, 2.45) is 5.92 Å². The molecule has 1 N–H and O–H groups in total. The van der Waals surface area contributed by atoms with Gasteiger partial charge in [0.1, 0.15) is 5.76 Å². The van der Waals surface area contributed by atoms with Crippen LogP contribution in [-0.2, 0) is 19.4 Å². The Morgan fingerprint density at radius 3 is 3.13 bits per heavy atom. The first-order valence-electron chi connectivity index (χ1n) is 7.99. The van der Waals surface area contributed by atoms with E-state index in [1.54, 1.807) is 0 Å². The summed E-state index contributed by atoms with van der Waals surface area (Å²) in [5, 5.41) is 11.3. The Bertz CT molecular complexity index is 687. The molecule has 0 saturated heterocycles. The summed E-state index contributed by atoms with van der Waals surface area (Å²) in [5.74, 6) is 1.32. The molecule has 0 radical (unpaired) electrons. The number of aryl methyl sites for hydroxylation is 3. The lowest BCUT2D eigenvalue weighted by molar-refractivity contribution is 0.0942. The molecule has 6 nitrogen and oxygen atoms in total. The average Bonchev–Trinajstić information content (AvgIpc) is 3.07. The van der Waals surface area contributed by atoms with E-state index in [0.717, 1.165) is 53.7 Å². The smallest absolute Gasteiger partial charge is 0.273 e. The van der Waals surface area contributed by atoms with Gasteiger partial charge in [0.05, 0.1) is 10.2 Å². The highest BCUT2D eigenvalue weighted by Crippen LogP contribution is 2.27. The predicted molar refractivity (Wildman–Crippen MR) is 89.3 cm³/mol. The lowest BCUT2D eigenvalue weighted by atomic mass is 9.88. The van der Waals surface area contributed by atoms with Gasteiger partial charge < -0.3 is 9.84 Å². The summed E-state index contributed by atoms with van der Waals surface area (Å²) < 4.78 is 8.20. The zero-order chi connectivity index (χ0) is 16.4. The molecule has 2 aromatic rings. The van der Waals surface area contributed by atoms with E-state index >= 15 is 0 Å². The second-order valence-electron chi connectivity index (χ2n) is 6.22. The maximum atomic E-state index is 12.3. The van der Waals surface area contributed by atoms with Crippen LogP contribution in [0.15, 0.2) is 15.2 Å². The van der Waals surface area contributed by atoms with E-state index in [2.05, 4.69) is 38.4 Å². The molecule has 0 aliphatic heterocycles. The monoisotopic (exact) mass is 380 g/mol. The van der Waals surface area contributed by atoms with Crippen molar-refractivity contribution in [2.45, 2.75) is 46.1 Å². The lowest BCUT2D eigenvalue weighted by Gasteiger charge is -2.16. The van der Waals surface area contributed by atoms with Gasteiger partial charge >= 0.3 is 0 Å². The van der Waals surface area contributed by atoms with E-state index in [1.807, 2.05) is 17.8 Å². The molecule has 1 unspecified atom stereocenters. The van der Waals surface area contributed by atoms with Gasteiger partial charge in [0, 0.05) is 31.3 Å². The maximum absolute atomic E-state index is 12.3. The van der Waals surface area contributed by atoms with E-state index in [0.29, 0.717) is 18.2 Å². The zero-order valence-electron chi connectivity index (χ0n) is 13.4. The third-order valence-electron chi connectivity index (χ3n) is 4.24. The van der Waals surface area contributed by atoms with Crippen molar-refractivity contribution in [3.05, 3.63) is 33.4 Å². The minimum absolute atomic E-state index is 0.137. The number of halogens is 1. The van der Waals surface area contributed by atoms with Gasteiger partial charge in [0.25, 0.3) is 5.91 Å². The molecule has 0 aromatic carbocycles. The van der Waals surface area contributed by atoms with Crippen molar-refractivity contribution in [3.8, 4) is 0 Å². The molecule has 0 fully saturated rings. The molecule has 1 atom stereocenters. The SMILES string of the molecule is Cc1nn(CCCNC(=O)c2noc3c2CC(C)CC3)cc1Br. The fraction of sp³-hybridized carbons (Fsp3) is 0.562. The number of hydrogen-bond donors (Lipinski definition) is 1. The number of carbonyl (C=O) groups excluding carboxylic acids is 1. The lowest BCUT2D eigenvalue weighted by Crippen LogP contribution is -2.27. The summed E-state index contributed by atoms with van der Waals surface area (Å²) in [6.45, 7) is 5.51. The van der Waals surface area contributed by atoms with Crippen LogP contribution in [0.5, 0.6) is 0 Å². The molecule has 2 heterocycles. The standard InChI is InChI=1S/C16H21BrN4O2/c1-10-4-5-14-12(8-10)15(20-23-14)16(22)18-6-3-7-21-9-13(17)11(2)19-21/h9-10H,3-8H2,1-2H3,(H,18,22). The van der Waals surface area contributed by atoms with Crippen LogP contribution in [0.2, 0.25) is 0 Å². The minimum atomic E-state index is -0.137. The maximum Gasteiger partial charge on any atom is 0.273 e. The zero-order valence-corrected chi connectivity index (χ0v) is 15.0. The van der Waals surface area contributed by atoms with Crippen LogP contribution in [-0.4, -0.2) is 27.4 Å². The number of nitrogens with one attached hydrogen (secondary N) is 1. The highest BCUT2D eigenvalue weighted by molar-refractivity contribution is 9.10. The van der Waals surface area contributed by atoms with Crippen LogP contribution in [0.4, 0.5) is 0 Å². The van der Waals surface area contributed by atoms with Crippen molar-refractivity contribution in [1.29, 1.82) is 0 Å². The average molecular weight is 381 g/mol. The van der Waals surface area contributed by atoms with Crippen LogP contribution >= 0.6 is 15.9 Å². The molecule has 1 amide bonds. The first-order valence-corrected chi connectivity index (χ1v) is 8.79. The molecule has 23 heavy (non-hydrogen) atoms. The molecule has 0 bridgehead atoms. The number of nitrogens with zero attached hydrogens (tertiary/aromatic N) is 3. The number of carbonyl (C=O) groups is 1. The molecule has 0 saturated carbocycles. The van der Waals surface area contributed by atoms with Crippen LogP contribution in [0.25, 0.3) is 0 Å². The Balaban J connectivity index is 1.51. The van der Waals surface area contributed by atoms with E-state index in [4.69, 9.17) is 4.52 Å². The van der Waals surface area contributed by atoms with Gasteiger partial charge in [-0.15, -0.1) is 0 Å². The van der Waals surface area contributed by atoms with Crippen molar-refractivity contribution in [2.75, 3.05) is 6.54 Å². The van der Waals surface area contributed by atoms with Crippen molar-refractivity contribution in [1.82, 2.24) is 20.3 Å². The molecule has 1 aliphatic carbocycles. The number of hydrogen-bond acceptors (Lipinski definition) is 4. The van der Waals surface area contributed by atoms with Gasteiger partial charge in [-0.05, 0) is 48.0 Å². The highest BCUT2D eigenvalue weighted by Gasteiger charge is 2.26. The third kappa shape index (κ3) is 3.65. The molecule has 3 rings (SSSR count). The van der Waals surface area contributed by atoms with Crippen molar-refractivity contribution < 1.29 is 9.32 Å². The normalized spacial score (nSPS) is 17.1. The van der Waals surface area contributed by atoms with Crippen LogP contribution in [0.3, 0.4) is 0 Å². The van der Waals surface area contributed by atoms with E-state index in [-0.39, 0.29) is 5.91 Å². The molecule has 7 heteroatoms. The number of rotatable bonds is 5. The second kappa shape index (κ2) is 6.86. The Labute approximate surface area is 143 Å². The first kappa shape index (κ1) is 16.2. The van der Waals surface area contributed by atoms with Crippen LogP contribution < -0.4 is 5.32 Å². The summed E-state index contributed by atoms with van der Waals surface area (Å²) >= 11 is 3.44. The number of aromatic nitrogens is 3. The molecular formula is C16H21BrN4O2. The molecule has 124 valence electrons. The van der Waals surface area contributed by atoms with Crippen molar-refractivity contribution in [3.63, 3.8) is 0 Å².